The Balaban J connectivity index is 1.56. The number of carbonyl (C=O) groups is 1. The number of hydrogen-bond acceptors (Lipinski definition) is 3. The molecule has 2 saturated heterocycles. The van der Waals surface area contributed by atoms with Crippen LogP contribution in [0.2, 0.25) is 5.02 Å². The van der Waals surface area contributed by atoms with E-state index >= 15 is 0 Å². The summed E-state index contributed by atoms with van der Waals surface area (Å²) in [5.41, 5.74) is 1.24. The van der Waals surface area contributed by atoms with Crippen molar-refractivity contribution in [1.82, 2.24) is 19.6 Å². The zero-order chi connectivity index (χ0) is 13.7. The molecule has 0 aromatic carbocycles. The van der Waals surface area contributed by atoms with Gasteiger partial charge < -0.3 is 14.6 Å². The van der Waals surface area contributed by atoms with Gasteiger partial charge in [0.05, 0.1) is 10.5 Å². The number of halogens is 1. The Labute approximate surface area is 121 Å². The molecule has 5 nitrogen and oxygen atoms in total. The highest BCUT2D eigenvalue weighted by Crippen LogP contribution is 2.28. The molecule has 2 aromatic rings. The molecule has 4 heterocycles. The summed E-state index contributed by atoms with van der Waals surface area (Å²) in [6.45, 7) is 3.24. The van der Waals surface area contributed by atoms with Crippen LogP contribution in [0.5, 0.6) is 0 Å². The number of carbonyl (C=O) groups excluding carboxylic acids is 1. The molecule has 4 rings (SSSR count). The number of nitrogens with zero attached hydrogens (tertiary/aromatic N) is 3. The molecular weight excluding hydrogens is 276 g/mol. The molecule has 0 radical (unpaired) electrons. The topological polar surface area (TPSA) is 49.6 Å². The second kappa shape index (κ2) is 4.46. The lowest BCUT2D eigenvalue weighted by Gasteiger charge is -2.22. The molecule has 2 fully saturated rings. The van der Waals surface area contributed by atoms with Gasteiger partial charge in [-0.25, -0.2) is 4.98 Å². The predicted octanol–water partition coefficient (Wildman–Crippen LogP) is 1.42. The van der Waals surface area contributed by atoms with E-state index in [0.717, 1.165) is 18.6 Å². The lowest BCUT2D eigenvalue weighted by Crippen LogP contribution is -2.43. The molecule has 2 aliphatic rings. The van der Waals surface area contributed by atoms with Crippen LogP contribution in [0.1, 0.15) is 16.9 Å². The monoisotopic (exact) mass is 290 g/mol. The summed E-state index contributed by atoms with van der Waals surface area (Å²) >= 11 is 6.08. The highest BCUT2D eigenvalue weighted by molar-refractivity contribution is 6.34. The van der Waals surface area contributed by atoms with E-state index in [1.54, 1.807) is 18.5 Å². The van der Waals surface area contributed by atoms with Gasteiger partial charge in [-0.1, -0.05) is 11.6 Å². The average Bonchev–Trinajstić information content (AvgIpc) is 3.15. The third-order valence-electron chi connectivity index (χ3n) is 4.38. The fraction of sp³-hybridized carbons (Fsp3) is 0.429. The third-order valence-corrected chi connectivity index (χ3v) is 4.70. The predicted molar refractivity (Wildman–Crippen MR) is 76.0 cm³/mol. The molecule has 0 aliphatic carbocycles. The van der Waals surface area contributed by atoms with Crippen molar-refractivity contribution in [3.05, 3.63) is 35.4 Å². The molecule has 1 N–H and O–H groups in total. The highest BCUT2D eigenvalue weighted by Gasteiger charge is 2.38. The molecule has 0 spiro atoms. The largest absolute Gasteiger partial charge is 0.346 e. The van der Waals surface area contributed by atoms with Gasteiger partial charge in [-0.15, -0.1) is 0 Å². The quantitative estimate of drug-likeness (QED) is 0.910. The van der Waals surface area contributed by atoms with Crippen LogP contribution in [0.3, 0.4) is 0 Å². The summed E-state index contributed by atoms with van der Waals surface area (Å²) in [4.78, 5) is 18.9. The Kier molecular flexibility index (Phi) is 2.72. The van der Waals surface area contributed by atoms with E-state index in [1.165, 1.54) is 13.0 Å². The molecule has 2 aromatic heterocycles. The molecule has 20 heavy (non-hydrogen) atoms. The maximum absolute atomic E-state index is 12.3. The van der Waals surface area contributed by atoms with Crippen LogP contribution in [-0.4, -0.2) is 45.9 Å². The van der Waals surface area contributed by atoms with Crippen molar-refractivity contribution in [3.63, 3.8) is 0 Å². The Morgan fingerprint density at radius 3 is 3.10 bits per heavy atom. The average molecular weight is 291 g/mol. The van der Waals surface area contributed by atoms with Crippen LogP contribution in [0.4, 0.5) is 0 Å². The van der Waals surface area contributed by atoms with Crippen molar-refractivity contribution in [2.24, 2.45) is 5.92 Å². The highest BCUT2D eigenvalue weighted by atomic mass is 35.5. The first-order valence-electron chi connectivity index (χ1n) is 6.86. The summed E-state index contributed by atoms with van der Waals surface area (Å²) < 4.78 is 1.81. The Morgan fingerprint density at radius 1 is 1.45 bits per heavy atom. The molecule has 104 valence electrons. The van der Waals surface area contributed by atoms with Gasteiger partial charge >= 0.3 is 0 Å². The first kappa shape index (κ1) is 12.2. The van der Waals surface area contributed by atoms with Crippen molar-refractivity contribution in [2.45, 2.75) is 12.5 Å². The van der Waals surface area contributed by atoms with E-state index in [1.807, 2.05) is 10.6 Å². The van der Waals surface area contributed by atoms with Crippen molar-refractivity contribution < 1.29 is 4.79 Å². The molecule has 2 aliphatic heterocycles. The number of rotatable bonds is 2. The Bertz CT molecular complexity index is 683. The van der Waals surface area contributed by atoms with Gasteiger partial charge in [0, 0.05) is 25.3 Å². The maximum Gasteiger partial charge on any atom is 0.270 e. The minimum Gasteiger partial charge on any atom is -0.346 e. The normalized spacial score (nSPS) is 28.1. The fourth-order valence-electron chi connectivity index (χ4n) is 3.28. The Morgan fingerprint density at radius 2 is 2.35 bits per heavy atom. The lowest BCUT2D eigenvalue weighted by atomic mass is 10.00. The smallest absolute Gasteiger partial charge is 0.270 e. The molecule has 0 saturated carbocycles. The van der Waals surface area contributed by atoms with Crippen LogP contribution >= 0.6 is 11.6 Å². The Hall–Kier alpha value is -1.59. The first-order chi connectivity index (χ1) is 9.70. The second-order valence-corrected chi connectivity index (χ2v) is 6.03. The van der Waals surface area contributed by atoms with Crippen molar-refractivity contribution in [3.8, 4) is 0 Å². The number of amides is 1. The van der Waals surface area contributed by atoms with Crippen LogP contribution in [-0.2, 0) is 0 Å². The standard InChI is InChI=1S/C14H15ClN4O/c15-10-2-4-19-8-16-11(5-13(10)19)14(20)17-12-7-18-3-1-9(12)6-18/h2,4-5,8-9,12H,1,3,6-7H2,(H,17,20)/t9-,12?/m0/s1. The van der Waals surface area contributed by atoms with Gasteiger partial charge in [-0.2, -0.15) is 0 Å². The van der Waals surface area contributed by atoms with Gasteiger partial charge in [-0.05, 0) is 31.0 Å². The van der Waals surface area contributed by atoms with Crippen molar-refractivity contribution in [2.75, 3.05) is 19.6 Å². The van der Waals surface area contributed by atoms with Gasteiger partial charge in [0.2, 0.25) is 0 Å². The number of fused-ring (bicyclic) bond motifs is 3. The maximum atomic E-state index is 12.3. The van der Waals surface area contributed by atoms with E-state index < -0.39 is 0 Å². The molecule has 6 heteroatoms. The van der Waals surface area contributed by atoms with Gasteiger partial charge in [0.25, 0.3) is 5.91 Å². The first-order valence-corrected chi connectivity index (χ1v) is 7.24. The van der Waals surface area contributed by atoms with Crippen LogP contribution in [0, 0.1) is 5.92 Å². The fourth-order valence-corrected chi connectivity index (χ4v) is 3.49. The van der Waals surface area contributed by atoms with Crippen molar-refractivity contribution >= 4 is 23.0 Å². The van der Waals surface area contributed by atoms with E-state index in [0.29, 0.717) is 16.6 Å². The van der Waals surface area contributed by atoms with Gasteiger partial charge in [0.15, 0.2) is 0 Å². The minimum absolute atomic E-state index is 0.108. The van der Waals surface area contributed by atoms with E-state index in [2.05, 4.69) is 15.2 Å². The lowest BCUT2D eigenvalue weighted by molar-refractivity contribution is 0.0919. The van der Waals surface area contributed by atoms with E-state index in [4.69, 9.17) is 11.6 Å². The summed E-state index contributed by atoms with van der Waals surface area (Å²) in [7, 11) is 0. The zero-order valence-corrected chi connectivity index (χ0v) is 11.7. The molecular formula is C14H15ClN4O. The van der Waals surface area contributed by atoms with E-state index in [-0.39, 0.29) is 11.9 Å². The molecule has 2 bridgehead atoms. The minimum atomic E-state index is -0.108. The number of nitrogens with one attached hydrogen (secondary N) is 1. The SMILES string of the molecule is O=C(NC1CN2CC[C@H]1C2)c1cc2c(Cl)ccn2cn1. The summed E-state index contributed by atoms with van der Waals surface area (Å²) in [6, 6.07) is 3.80. The summed E-state index contributed by atoms with van der Waals surface area (Å²) in [5.74, 6) is 0.489. The molecule has 1 amide bonds. The van der Waals surface area contributed by atoms with Crippen LogP contribution in [0.25, 0.3) is 5.52 Å². The summed E-state index contributed by atoms with van der Waals surface area (Å²) in [6.07, 6.45) is 4.64. The molecule has 3 atom stereocenters. The van der Waals surface area contributed by atoms with Gasteiger partial charge in [-0.3, -0.25) is 4.79 Å². The zero-order valence-electron chi connectivity index (χ0n) is 10.9. The van der Waals surface area contributed by atoms with E-state index in [9.17, 15) is 4.79 Å². The summed E-state index contributed by atoms with van der Waals surface area (Å²) in [5, 5.41) is 3.74. The van der Waals surface area contributed by atoms with Crippen LogP contribution in [0.15, 0.2) is 24.7 Å². The van der Waals surface area contributed by atoms with Gasteiger partial charge in [0.1, 0.15) is 12.0 Å². The van der Waals surface area contributed by atoms with Crippen LogP contribution < -0.4 is 5.32 Å². The number of aromatic nitrogens is 2. The second-order valence-electron chi connectivity index (χ2n) is 5.62. The number of piperidine rings is 1. The van der Waals surface area contributed by atoms with Crippen molar-refractivity contribution in [1.29, 1.82) is 0 Å². The number of hydrogen-bond donors (Lipinski definition) is 1. The third kappa shape index (κ3) is 1.89. The molecule has 2 unspecified atom stereocenters.